The van der Waals surface area contributed by atoms with Crippen molar-refractivity contribution in [2.75, 3.05) is 13.1 Å². The van der Waals surface area contributed by atoms with E-state index in [0.29, 0.717) is 18.0 Å². The van der Waals surface area contributed by atoms with Crippen molar-refractivity contribution < 1.29 is 9.32 Å². The summed E-state index contributed by atoms with van der Waals surface area (Å²) in [5.74, 6) is 1.84. The molecule has 1 N–H and O–H groups in total. The van der Waals surface area contributed by atoms with Gasteiger partial charge in [-0.3, -0.25) is 4.79 Å². The van der Waals surface area contributed by atoms with E-state index < -0.39 is 0 Å². The third-order valence-corrected chi connectivity index (χ3v) is 3.66. The summed E-state index contributed by atoms with van der Waals surface area (Å²) in [7, 11) is 0. The molecule has 1 aliphatic heterocycles. The fraction of sp³-hybridized carbons (Fsp3) is 0.500. The van der Waals surface area contributed by atoms with Crippen LogP contribution in [-0.4, -0.2) is 39.0 Å². The lowest BCUT2D eigenvalue weighted by Gasteiger charge is -2.31. The van der Waals surface area contributed by atoms with Gasteiger partial charge in [-0.05, 0) is 26.7 Å². The number of piperidine rings is 1. The maximum atomic E-state index is 12.4. The van der Waals surface area contributed by atoms with Crippen molar-refractivity contribution in [1.82, 2.24) is 20.0 Å². The highest BCUT2D eigenvalue weighted by Crippen LogP contribution is 2.25. The van der Waals surface area contributed by atoms with Gasteiger partial charge in [0.1, 0.15) is 11.6 Å². The van der Waals surface area contributed by atoms with Crippen LogP contribution in [0.15, 0.2) is 16.8 Å². The average molecular weight is 274 g/mol. The van der Waals surface area contributed by atoms with Crippen LogP contribution in [0.3, 0.4) is 0 Å². The molecule has 2 aromatic heterocycles. The largest absolute Gasteiger partial charge is 0.361 e. The summed E-state index contributed by atoms with van der Waals surface area (Å²) in [5, 5.41) is 3.80. The standard InChI is InChI=1S/C14H18N4O2/c1-9-7-15-13(16-9)11-4-3-5-18(8-11)14(19)12-6-10(2)20-17-12/h6-7,11H,3-5,8H2,1-2H3,(H,15,16). The minimum absolute atomic E-state index is 0.0603. The Balaban J connectivity index is 1.73. The van der Waals surface area contributed by atoms with Crippen LogP contribution < -0.4 is 0 Å². The molecule has 1 unspecified atom stereocenters. The summed E-state index contributed by atoms with van der Waals surface area (Å²) in [6.07, 6.45) is 3.86. The van der Waals surface area contributed by atoms with Crippen molar-refractivity contribution in [3.63, 3.8) is 0 Å². The third kappa shape index (κ3) is 2.45. The normalized spacial score (nSPS) is 19.3. The Morgan fingerprint density at radius 3 is 3.00 bits per heavy atom. The summed E-state index contributed by atoms with van der Waals surface area (Å²) in [4.78, 5) is 21.9. The van der Waals surface area contributed by atoms with Gasteiger partial charge >= 0.3 is 0 Å². The predicted octanol–water partition coefficient (Wildman–Crippen LogP) is 2.03. The molecule has 1 saturated heterocycles. The summed E-state index contributed by atoms with van der Waals surface area (Å²) < 4.78 is 4.98. The molecule has 2 aromatic rings. The zero-order valence-electron chi connectivity index (χ0n) is 11.7. The summed E-state index contributed by atoms with van der Waals surface area (Å²) in [6, 6.07) is 1.68. The zero-order valence-corrected chi connectivity index (χ0v) is 11.7. The van der Waals surface area contributed by atoms with Gasteiger partial charge in [-0.25, -0.2) is 4.98 Å². The SMILES string of the molecule is Cc1cnc(C2CCCN(C(=O)c3cc(C)on3)C2)[nH]1. The Morgan fingerprint density at radius 2 is 2.35 bits per heavy atom. The van der Waals surface area contributed by atoms with Crippen LogP contribution in [0.4, 0.5) is 0 Å². The van der Waals surface area contributed by atoms with Gasteiger partial charge in [0, 0.05) is 37.0 Å². The van der Waals surface area contributed by atoms with Gasteiger partial charge in [-0.2, -0.15) is 0 Å². The van der Waals surface area contributed by atoms with Gasteiger partial charge in [0.25, 0.3) is 5.91 Å². The first-order chi connectivity index (χ1) is 9.63. The molecule has 3 heterocycles. The van der Waals surface area contributed by atoms with Crippen molar-refractivity contribution in [2.45, 2.75) is 32.6 Å². The molecule has 1 fully saturated rings. The average Bonchev–Trinajstić information content (AvgIpc) is 3.07. The number of hydrogen-bond acceptors (Lipinski definition) is 4. The first-order valence-electron chi connectivity index (χ1n) is 6.87. The fourth-order valence-electron chi connectivity index (χ4n) is 2.65. The van der Waals surface area contributed by atoms with E-state index in [1.54, 1.807) is 13.0 Å². The van der Waals surface area contributed by atoms with Crippen LogP contribution in [0, 0.1) is 13.8 Å². The number of nitrogens with one attached hydrogen (secondary N) is 1. The van der Waals surface area contributed by atoms with Crippen LogP contribution in [0.1, 0.15) is 46.5 Å². The Morgan fingerprint density at radius 1 is 1.50 bits per heavy atom. The van der Waals surface area contributed by atoms with E-state index in [2.05, 4.69) is 15.1 Å². The van der Waals surface area contributed by atoms with E-state index in [4.69, 9.17) is 4.52 Å². The smallest absolute Gasteiger partial charge is 0.276 e. The number of imidazole rings is 1. The molecule has 1 amide bonds. The predicted molar refractivity (Wildman–Crippen MR) is 72.4 cm³/mol. The number of carbonyl (C=O) groups is 1. The van der Waals surface area contributed by atoms with Gasteiger partial charge in [0.05, 0.1) is 0 Å². The number of likely N-dealkylation sites (tertiary alicyclic amines) is 1. The minimum atomic E-state index is -0.0603. The van der Waals surface area contributed by atoms with E-state index >= 15 is 0 Å². The first kappa shape index (κ1) is 12.9. The lowest BCUT2D eigenvalue weighted by atomic mass is 9.97. The molecule has 106 valence electrons. The van der Waals surface area contributed by atoms with Crippen LogP contribution in [-0.2, 0) is 0 Å². The summed E-state index contributed by atoms with van der Waals surface area (Å²) in [6.45, 7) is 5.22. The number of aryl methyl sites for hydroxylation is 2. The maximum absolute atomic E-state index is 12.4. The number of H-pyrrole nitrogens is 1. The van der Waals surface area contributed by atoms with E-state index in [-0.39, 0.29) is 11.8 Å². The molecular weight excluding hydrogens is 256 g/mol. The van der Waals surface area contributed by atoms with Crippen molar-refractivity contribution in [2.24, 2.45) is 0 Å². The zero-order chi connectivity index (χ0) is 14.1. The highest BCUT2D eigenvalue weighted by Gasteiger charge is 2.28. The molecular formula is C14H18N4O2. The van der Waals surface area contributed by atoms with Gasteiger partial charge in [-0.15, -0.1) is 0 Å². The number of carbonyl (C=O) groups excluding carboxylic acids is 1. The molecule has 0 saturated carbocycles. The van der Waals surface area contributed by atoms with Crippen molar-refractivity contribution in [3.8, 4) is 0 Å². The molecule has 0 bridgehead atoms. The van der Waals surface area contributed by atoms with Crippen molar-refractivity contribution >= 4 is 5.91 Å². The topological polar surface area (TPSA) is 75.0 Å². The van der Waals surface area contributed by atoms with Gasteiger partial charge in [0.15, 0.2) is 5.69 Å². The molecule has 1 aliphatic rings. The number of hydrogen-bond donors (Lipinski definition) is 1. The highest BCUT2D eigenvalue weighted by molar-refractivity contribution is 5.92. The Hall–Kier alpha value is -2.11. The number of rotatable bonds is 2. The molecule has 0 radical (unpaired) electrons. The maximum Gasteiger partial charge on any atom is 0.276 e. The fourth-order valence-corrected chi connectivity index (χ4v) is 2.65. The van der Waals surface area contributed by atoms with Gasteiger partial charge < -0.3 is 14.4 Å². The molecule has 1 atom stereocenters. The Bertz CT molecular complexity index is 616. The van der Waals surface area contributed by atoms with Crippen molar-refractivity contribution in [3.05, 3.63) is 35.2 Å². The Labute approximate surface area is 117 Å². The van der Waals surface area contributed by atoms with Crippen LogP contribution in [0.25, 0.3) is 0 Å². The van der Waals surface area contributed by atoms with E-state index in [1.165, 1.54) is 0 Å². The van der Waals surface area contributed by atoms with E-state index in [0.717, 1.165) is 30.9 Å². The lowest BCUT2D eigenvalue weighted by molar-refractivity contribution is 0.0694. The molecule has 6 heteroatoms. The van der Waals surface area contributed by atoms with E-state index in [1.807, 2.05) is 18.0 Å². The molecule has 6 nitrogen and oxygen atoms in total. The summed E-state index contributed by atoms with van der Waals surface area (Å²) in [5.41, 5.74) is 1.44. The quantitative estimate of drug-likeness (QED) is 0.909. The number of nitrogens with zero attached hydrogens (tertiary/aromatic N) is 3. The van der Waals surface area contributed by atoms with Crippen LogP contribution >= 0.6 is 0 Å². The molecule has 0 aromatic carbocycles. The second-order valence-electron chi connectivity index (χ2n) is 5.36. The number of aromatic amines is 1. The second kappa shape index (κ2) is 5.11. The van der Waals surface area contributed by atoms with Crippen LogP contribution in [0.2, 0.25) is 0 Å². The second-order valence-corrected chi connectivity index (χ2v) is 5.36. The lowest BCUT2D eigenvalue weighted by Crippen LogP contribution is -2.39. The third-order valence-electron chi connectivity index (χ3n) is 3.66. The number of aromatic nitrogens is 3. The molecule has 20 heavy (non-hydrogen) atoms. The van der Waals surface area contributed by atoms with Crippen molar-refractivity contribution in [1.29, 1.82) is 0 Å². The van der Waals surface area contributed by atoms with Gasteiger partial charge in [-0.1, -0.05) is 5.16 Å². The molecule has 0 spiro atoms. The highest BCUT2D eigenvalue weighted by atomic mass is 16.5. The minimum Gasteiger partial charge on any atom is -0.361 e. The van der Waals surface area contributed by atoms with Gasteiger partial charge in [0.2, 0.25) is 0 Å². The molecule has 0 aliphatic carbocycles. The number of amides is 1. The first-order valence-corrected chi connectivity index (χ1v) is 6.87. The van der Waals surface area contributed by atoms with Crippen LogP contribution in [0.5, 0.6) is 0 Å². The molecule has 3 rings (SSSR count). The Kier molecular flexibility index (Phi) is 3.30. The summed E-state index contributed by atoms with van der Waals surface area (Å²) >= 11 is 0. The van der Waals surface area contributed by atoms with E-state index in [9.17, 15) is 4.79 Å². The monoisotopic (exact) mass is 274 g/mol.